The lowest BCUT2D eigenvalue weighted by Gasteiger charge is -2.16. The average molecular weight is 330 g/mol. The second-order valence-corrected chi connectivity index (χ2v) is 6.10. The van der Waals surface area contributed by atoms with Crippen LogP contribution in [0.25, 0.3) is 11.0 Å². The van der Waals surface area contributed by atoms with Gasteiger partial charge >= 0.3 is 0 Å². The second-order valence-electron chi connectivity index (χ2n) is 6.10. The first kappa shape index (κ1) is 15.1. The van der Waals surface area contributed by atoms with Gasteiger partial charge in [-0.3, -0.25) is 5.10 Å². The smallest absolute Gasteiger partial charge is 0.203 e. The van der Waals surface area contributed by atoms with Crippen LogP contribution in [0.3, 0.4) is 0 Å². The summed E-state index contributed by atoms with van der Waals surface area (Å²) in [6, 6.07) is 4.92. The summed E-state index contributed by atoms with van der Waals surface area (Å²) in [7, 11) is 1.81. The van der Waals surface area contributed by atoms with Gasteiger partial charge in [-0.05, 0) is 25.5 Å². The molecule has 7 nitrogen and oxygen atoms in total. The van der Waals surface area contributed by atoms with Gasteiger partial charge in [-0.15, -0.1) is 0 Å². The van der Waals surface area contributed by atoms with Crippen LogP contribution in [0.5, 0.6) is 0 Å². The summed E-state index contributed by atoms with van der Waals surface area (Å²) in [5.74, 6) is 2.08. The number of hydrogen-bond donors (Lipinski definition) is 2. The van der Waals surface area contributed by atoms with Gasteiger partial charge < -0.3 is 14.6 Å². The lowest BCUT2D eigenvalue weighted by molar-refractivity contribution is 0.0863. The number of nitrogens with one attached hydrogen (secondary N) is 2. The number of hydrogen-bond acceptors (Lipinski definition) is 5. The molecule has 0 unspecified atom stereocenters. The first-order valence-electron chi connectivity index (χ1n) is 7.99. The molecular weight excluding hydrogens is 311 g/mol. The normalized spacial score (nSPS) is 20.8. The van der Waals surface area contributed by atoms with Crippen LogP contribution in [0, 0.1) is 18.7 Å². The molecule has 126 valence electrons. The standard InChI is InChI=1S/C16H19FN6O/c1-9-19-15(22-21-9)14-10(6-7-24-14)8-18-16-20-12-5-3-4-11(17)13(12)23(16)2/h3-5,10,14H,6-8H2,1-2H3,(H,18,20)(H,19,21,22)/t10-,14-/m0/s1. The number of halogens is 1. The Bertz CT molecular complexity index is 873. The minimum Gasteiger partial charge on any atom is -0.370 e. The third-order valence-corrected chi connectivity index (χ3v) is 4.45. The number of ether oxygens (including phenoxy) is 1. The van der Waals surface area contributed by atoms with Gasteiger partial charge in [0.05, 0.1) is 5.52 Å². The molecule has 2 aromatic heterocycles. The van der Waals surface area contributed by atoms with Crippen molar-refractivity contribution in [1.29, 1.82) is 0 Å². The van der Waals surface area contributed by atoms with Crippen LogP contribution in [0.15, 0.2) is 18.2 Å². The third kappa shape index (κ3) is 2.52. The molecule has 0 aliphatic carbocycles. The molecule has 0 saturated carbocycles. The molecular formula is C16H19FN6O. The van der Waals surface area contributed by atoms with Gasteiger partial charge in [-0.25, -0.2) is 14.4 Å². The second kappa shape index (κ2) is 5.86. The molecule has 0 amide bonds. The van der Waals surface area contributed by atoms with E-state index >= 15 is 0 Å². The average Bonchev–Trinajstić information content (AvgIpc) is 3.25. The van der Waals surface area contributed by atoms with Gasteiger partial charge in [-0.1, -0.05) is 6.07 Å². The molecule has 1 fully saturated rings. The van der Waals surface area contributed by atoms with Crippen LogP contribution >= 0.6 is 0 Å². The Morgan fingerprint density at radius 2 is 2.29 bits per heavy atom. The van der Waals surface area contributed by atoms with Gasteiger partial charge in [0, 0.05) is 26.1 Å². The van der Waals surface area contributed by atoms with Gasteiger partial charge in [0.1, 0.15) is 23.3 Å². The number of nitrogens with zero attached hydrogens (tertiary/aromatic N) is 4. The lowest BCUT2D eigenvalue weighted by atomic mass is 10.0. The van der Waals surface area contributed by atoms with E-state index in [4.69, 9.17) is 4.74 Å². The molecule has 1 aromatic carbocycles. The number of anilines is 1. The minimum absolute atomic E-state index is 0.131. The van der Waals surface area contributed by atoms with Gasteiger partial charge in [0.15, 0.2) is 5.82 Å². The van der Waals surface area contributed by atoms with Crippen molar-refractivity contribution in [3.8, 4) is 0 Å². The Kier molecular flexibility index (Phi) is 3.68. The summed E-state index contributed by atoms with van der Waals surface area (Å²) in [4.78, 5) is 8.84. The molecule has 0 spiro atoms. The molecule has 1 aliphatic rings. The van der Waals surface area contributed by atoms with Crippen LogP contribution < -0.4 is 5.32 Å². The maximum Gasteiger partial charge on any atom is 0.203 e. The highest BCUT2D eigenvalue weighted by Gasteiger charge is 2.32. The molecule has 8 heteroatoms. The maximum absolute atomic E-state index is 14.0. The van der Waals surface area contributed by atoms with Crippen LogP contribution in [0.4, 0.5) is 10.3 Å². The van der Waals surface area contributed by atoms with E-state index < -0.39 is 0 Å². The van der Waals surface area contributed by atoms with Crippen molar-refractivity contribution in [2.75, 3.05) is 18.5 Å². The third-order valence-electron chi connectivity index (χ3n) is 4.45. The number of imidazole rings is 1. The first-order chi connectivity index (χ1) is 11.6. The molecule has 3 aromatic rings. The van der Waals surface area contributed by atoms with Crippen LogP contribution in [0.1, 0.15) is 24.2 Å². The fourth-order valence-corrected chi connectivity index (χ4v) is 3.22. The highest BCUT2D eigenvalue weighted by atomic mass is 19.1. The van der Waals surface area contributed by atoms with Crippen molar-refractivity contribution in [3.63, 3.8) is 0 Å². The van der Waals surface area contributed by atoms with E-state index in [0.717, 1.165) is 12.2 Å². The Balaban J connectivity index is 1.52. The van der Waals surface area contributed by atoms with Crippen LogP contribution in [-0.4, -0.2) is 37.9 Å². The van der Waals surface area contributed by atoms with E-state index in [2.05, 4.69) is 25.5 Å². The predicted molar refractivity (Wildman–Crippen MR) is 87.1 cm³/mol. The molecule has 0 radical (unpaired) electrons. The number of aromatic nitrogens is 5. The molecule has 3 heterocycles. The van der Waals surface area contributed by atoms with Gasteiger partial charge in [-0.2, -0.15) is 5.10 Å². The molecule has 0 bridgehead atoms. The minimum atomic E-state index is -0.270. The molecule has 2 N–H and O–H groups in total. The number of aryl methyl sites for hydroxylation is 2. The largest absolute Gasteiger partial charge is 0.370 e. The van der Waals surface area contributed by atoms with E-state index in [1.54, 1.807) is 10.6 Å². The van der Waals surface area contributed by atoms with E-state index in [9.17, 15) is 4.39 Å². The summed E-state index contributed by atoms with van der Waals surface area (Å²) < 4.78 is 21.5. The summed E-state index contributed by atoms with van der Waals surface area (Å²) in [5, 5.41) is 10.4. The summed E-state index contributed by atoms with van der Waals surface area (Å²) in [6.07, 6.45) is 0.790. The Labute approximate surface area is 138 Å². The fourth-order valence-electron chi connectivity index (χ4n) is 3.22. The number of H-pyrrole nitrogens is 1. The first-order valence-corrected chi connectivity index (χ1v) is 7.99. The Morgan fingerprint density at radius 1 is 1.42 bits per heavy atom. The molecule has 24 heavy (non-hydrogen) atoms. The lowest BCUT2D eigenvalue weighted by Crippen LogP contribution is -2.20. The van der Waals surface area contributed by atoms with Crippen molar-refractivity contribution in [2.45, 2.75) is 19.4 Å². The number of aromatic amines is 1. The molecule has 4 rings (SSSR count). The number of para-hydroxylation sites is 1. The number of rotatable bonds is 4. The van der Waals surface area contributed by atoms with Gasteiger partial charge in [0.25, 0.3) is 0 Å². The molecule has 1 aliphatic heterocycles. The molecule has 2 atom stereocenters. The number of fused-ring (bicyclic) bond motifs is 1. The summed E-state index contributed by atoms with van der Waals surface area (Å²) in [6.45, 7) is 3.21. The van der Waals surface area contributed by atoms with Crippen molar-refractivity contribution < 1.29 is 9.13 Å². The summed E-state index contributed by atoms with van der Waals surface area (Å²) in [5.41, 5.74) is 1.15. The number of benzene rings is 1. The quantitative estimate of drug-likeness (QED) is 0.767. The maximum atomic E-state index is 14.0. The SMILES string of the molecule is Cc1nc([C@H]2OCC[C@H]2CNc2nc3cccc(F)c3n2C)n[nH]1. The van der Waals surface area contributed by atoms with E-state index in [1.807, 2.05) is 20.0 Å². The van der Waals surface area contributed by atoms with Crippen molar-refractivity contribution in [2.24, 2.45) is 13.0 Å². The van der Waals surface area contributed by atoms with E-state index in [1.165, 1.54) is 6.07 Å². The Hall–Kier alpha value is -2.48. The highest BCUT2D eigenvalue weighted by molar-refractivity contribution is 5.79. The zero-order valence-corrected chi connectivity index (χ0v) is 13.6. The predicted octanol–water partition coefficient (Wildman–Crippen LogP) is 2.33. The molecule has 1 saturated heterocycles. The zero-order valence-electron chi connectivity index (χ0n) is 13.6. The van der Waals surface area contributed by atoms with Gasteiger partial charge in [0.2, 0.25) is 5.95 Å². The van der Waals surface area contributed by atoms with Crippen molar-refractivity contribution >= 4 is 17.0 Å². The van der Waals surface area contributed by atoms with Crippen molar-refractivity contribution in [3.05, 3.63) is 35.7 Å². The van der Waals surface area contributed by atoms with Crippen LogP contribution in [0.2, 0.25) is 0 Å². The summed E-state index contributed by atoms with van der Waals surface area (Å²) >= 11 is 0. The van der Waals surface area contributed by atoms with Crippen molar-refractivity contribution in [1.82, 2.24) is 24.7 Å². The zero-order chi connectivity index (χ0) is 16.7. The van der Waals surface area contributed by atoms with E-state index in [-0.39, 0.29) is 17.8 Å². The Morgan fingerprint density at radius 3 is 3.04 bits per heavy atom. The van der Waals surface area contributed by atoms with E-state index in [0.29, 0.717) is 36.0 Å². The fraction of sp³-hybridized carbons (Fsp3) is 0.438. The monoisotopic (exact) mass is 330 g/mol. The highest BCUT2D eigenvalue weighted by Crippen LogP contribution is 2.33. The van der Waals surface area contributed by atoms with Crippen LogP contribution in [-0.2, 0) is 11.8 Å². The topological polar surface area (TPSA) is 80.7 Å².